The molecule has 1 atom stereocenters. The number of ether oxygens (including phenoxy) is 3. The number of nitrogens with one attached hydrogen (secondary N) is 1. The first-order valence-corrected chi connectivity index (χ1v) is 9.92. The van der Waals surface area contributed by atoms with E-state index < -0.39 is 0 Å². The van der Waals surface area contributed by atoms with Gasteiger partial charge in [0.05, 0.1) is 40.0 Å². The molecule has 2 aromatic carbocycles. The zero-order valence-corrected chi connectivity index (χ0v) is 20.2. The van der Waals surface area contributed by atoms with Crippen molar-refractivity contribution in [2.24, 2.45) is 10.7 Å². The van der Waals surface area contributed by atoms with Crippen LogP contribution < -0.4 is 20.5 Å². The number of guanidine groups is 1. The normalized spacial score (nSPS) is 15.6. The Morgan fingerprint density at radius 2 is 1.81 bits per heavy atom. The summed E-state index contributed by atoms with van der Waals surface area (Å²) in [7, 11) is 3.20. The Bertz CT molecular complexity index is 845. The maximum Gasteiger partial charge on any atom is 0.188 e. The molecule has 0 aliphatic carbocycles. The number of halogens is 2. The zero-order valence-electron chi connectivity index (χ0n) is 17.8. The van der Waals surface area contributed by atoms with Crippen molar-refractivity contribution in [1.29, 1.82) is 0 Å². The summed E-state index contributed by atoms with van der Waals surface area (Å²) in [6.45, 7) is 3.96. The highest BCUT2D eigenvalue weighted by atomic mass is 127. The molecule has 1 fully saturated rings. The lowest BCUT2D eigenvalue weighted by molar-refractivity contribution is 0.0170. The van der Waals surface area contributed by atoms with Gasteiger partial charge in [-0.15, -0.1) is 24.0 Å². The molecular weight excluding hydrogens is 514 g/mol. The fourth-order valence-corrected chi connectivity index (χ4v) is 3.44. The van der Waals surface area contributed by atoms with E-state index in [1.165, 1.54) is 12.1 Å². The van der Waals surface area contributed by atoms with E-state index in [1.54, 1.807) is 14.2 Å². The predicted molar refractivity (Wildman–Crippen MR) is 130 cm³/mol. The number of methoxy groups -OCH3 is 2. The van der Waals surface area contributed by atoms with E-state index in [-0.39, 0.29) is 35.8 Å². The second-order valence-corrected chi connectivity index (χ2v) is 6.99. The van der Waals surface area contributed by atoms with Gasteiger partial charge >= 0.3 is 0 Å². The average molecular weight is 544 g/mol. The first kappa shape index (κ1) is 25.2. The lowest BCUT2D eigenvalue weighted by Gasteiger charge is -2.35. The Morgan fingerprint density at radius 1 is 1.13 bits per heavy atom. The maximum absolute atomic E-state index is 13.4. The van der Waals surface area contributed by atoms with Gasteiger partial charge in [0.25, 0.3) is 0 Å². The molecule has 3 rings (SSSR count). The third kappa shape index (κ3) is 7.22. The Balaban J connectivity index is 0.00000341. The Hall–Kier alpha value is -2.11. The molecule has 1 heterocycles. The van der Waals surface area contributed by atoms with Crippen LogP contribution in [0, 0.1) is 5.82 Å². The second-order valence-electron chi connectivity index (χ2n) is 6.99. The molecule has 1 unspecified atom stereocenters. The van der Waals surface area contributed by atoms with Crippen molar-refractivity contribution in [1.82, 2.24) is 10.2 Å². The van der Waals surface area contributed by atoms with Gasteiger partial charge in [-0.1, -0.05) is 18.2 Å². The molecular formula is C22H30FIN4O3. The SMILES string of the molecule is COc1ccc(CN=C(N)NCC(c2ccc(F)cc2)N2CCOCC2)cc1OC.I. The summed E-state index contributed by atoms with van der Waals surface area (Å²) in [5.41, 5.74) is 8.09. The summed E-state index contributed by atoms with van der Waals surface area (Å²) < 4.78 is 29.4. The van der Waals surface area contributed by atoms with E-state index in [1.807, 2.05) is 30.3 Å². The molecule has 9 heteroatoms. The minimum Gasteiger partial charge on any atom is -0.493 e. The van der Waals surface area contributed by atoms with Crippen molar-refractivity contribution >= 4 is 29.9 Å². The standard InChI is InChI=1S/C22H29FN4O3.HI/c1-28-20-8-3-16(13-21(20)29-2)14-25-22(24)26-15-19(27-9-11-30-12-10-27)17-4-6-18(23)7-5-17;/h3-8,13,19H,9-12,14-15H2,1-2H3,(H3,24,25,26);1H. The summed E-state index contributed by atoms with van der Waals surface area (Å²) in [4.78, 5) is 6.74. The Labute approximate surface area is 199 Å². The quantitative estimate of drug-likeness (QED) is 0.302. The molecule has 2 aromatic rings. The lowest BCUT2D eigenvalue weighted by Crippen LogP contribution is -2.45. The molecule has 31 heavy (non-hydrogen) atoms. The van der Waals surface area contributed by atoms with Crippen LogP contribution in [0.5, 0.6) is 11.5 Å². The highest BCUT2D eigenvalue weighted by Crippen LogP contribution is 2.27. The van der Waals surface area contributed by atoms with Crippen LogP contribution in [0.1, 0.15) is 17.2 Å². The number of nitrogens with two attached hydrogens (primary N) is 1. The number of hydrogen-bond donors (Lipinski definition) is 2. The highest BCUT2D eigenvalue weighted by molar-refractivity contribution is 14.0. The molecule has 0 saturated carbocycles. The smallest absolute Gasteiger partial charge is 0.188 e. The highest BCUT2D eigenvalue weighted by Gasteiger charge is 2.22. The third-order valence-electron chi connectivity index (χ3n) is 5.10. The predicted octanol–water partition coefficient (Wildman–Crippen LogP) is 2.94. The minimum absolute atomic E-state index is 0. The van der Waals surface area contributed by atoms with Crippen LogP contribution >= 0.6 is 24.0 Å². The van der Waals surface area contributed by atoms with Crippen molar-refractivity contribution in [2.45, 2.75) is 12.6 Å². The van der Waals surface area contributed by atoms with Gasteiger partial charge in [0.2, 0.25) is 0 Å². The number of rotatable bonds is 8. The van der Waals surface area contributed by atoms with E-state index >= 15 is 0 Å². The van der Waals surface area contributed by atoms with Crippen LogP contribution in [0.25, 0.3) is 0 Å². The van der Waals surface area contributed by atoms with Crippen molar-refractivity contribution in [2.75, 3.05) is 47.1 Å². The number of aliphatic imine (C=N–C) groups is 1. The largest absolute Gasteiger partial charge is 0.493 e. The first-order valence-electron chi connectivity index (χ1n) is 9.92. The van der Waals surface area contributed by atoms with Crippen LogP contribution in [-0.4, -0.2) is 57.9 Å². The summed E-state index contributed by atoms with van der Waals surface area (Å²) in [6, 6.07) is 12.3. The van der Waals surface area contributed by atoms with Crippen LogP contribution in [0.15, 0.2) is 47.5 Å². The van der Waals surface area contributed by atoms with Crippen molar-refractivity contribution < 1.29 is 18.6 Å². The molecule has 0 amide bonds. The van der Waals surface area contributed by atoms with E-state index in [0.717, 1.165) is 24.2 Å². The summed E-state index contributed by atoms with van der Waals surface area (Å²) >= 11 is 0. The number of hydrogen-bond acceptors (Lipinski definition) is 5. The van der Waals surface area contributed by atoms with Gasteiger partial charge in [0.15, 0.2) is 17.5 Å². The van der Waals surface area contributed by atoms with E-state index in [9.17, 15) is 4.39 Å². The third-order valence-corrected chi connectivity index (χ3v) is 5.10. The van der Waals surface area contributed by atoms with Gasteiger partial charge in [-0.25, -0.2) is 9.38 Å². The average Bonchev–Trinajstić information content (AvgIpc) is 2.79. The molecule has 7 nitrogen and oxygen atoms in total. The van der Waals surface area contributed by atoms with Gasteiger partial charge < -0.3 is 25.3 Å². The monoisotopic (exact) mass is 544 g/mol. The van der Waals surface area contributed by atoms with Crippen LogP contribution in [-0.2, 0) is 11.3 Å². The fourth-order valence-electron chi connectivity index (χ4n) is 3.44. The molecule has 3 N–H and O–H groups in total. The molecule has 0 radical (unpaired) electrons. The van der Waals surface area contributed by atoms with Gasteiger partial charge in [-0.2, -0.15) is 0 Å². The molecule has 170 valence electrons. The molecule has 0 bridgehead atoms. The molecule has 0 spiro atoms. The summed E-state index contributed by atoms with van der Waals surface area (Å²) in [6.07, 6.45) is 0. The van der Waals surface area contributed by atoms with Crippen molar-refractivity contribution in [3.63, 3.8) is 0 Å². The topological polar surface area (TPSA) is 81.3 Å². The molecule has 1 saturated heterocycles. The van der Waals surface area contributed by atoms with E-state index in [2.05, 4.69) is 15.2 Å². The maximum atomic E-state index is 13.4. The zero-order chi connectivity index (χ0) is 21.3. The Morgan fingerprint density at radius 3 is 2.45 bits per heavy atom. The van der Waals surface area contributed by atoms with Crippen LogP contribution in [0.3, 0.4) is 0 Å². The lowest BCUT2D eigenvalue weighted by atomic mass is 10.0. The van der Waals surface area contributed by atoms with Crippen LogP contribution in [0.4, 0.5) is 4.39 Å². The summed E-state index contributed by atoms with van der Waals surface area (Å²) in [5, 5.41) is 3.21. The molecule has 1 aliphatic heterocycles. The van der Waals surface area contributed by atoms with Crippen molar-refractivity contribution in [3.05, 3.63) is 59.4 Å². The second kappa shape index (κ2) is 12.7. The number of nitrogens with zero attached hydrogens (tertiary/aromatic N) is 2. The Kier molecular flexibility index (Phi) is 10.3. The molecule has 0 aromatic heterocycles. The van der Waals surface area contributed by atoms with Crippen molar-refractivity contribution in [3.8, 4) is 11.5 Å². The number of morpholine rings is 1. The van der Waals surface area contributed by atoms with Gasteiger partial charge in [0.1, 0.15) is 5.82 Å². The van der Waals surface area contributed by atoms with Crippen LogP contribution in [0.2, 0.25) is 0 Å². The van der Waals surface area contributed by atoms with Gasteiger partial charge in [0, 0.05) is 19.6 Å². The first-order chi connectivity index (χ1) is 14.6. The van der Waals surface area contributed by atoms with Gasteiger partial charge in [-0.3, -0.25) is 4.90 Å². The number of benzene rings is 2. The van der Waals surface area contributed by atoms with Gasteiger partial charge in [-0.05, 0) is 35.4 Å². The fraction of sp³-hybridized carbons (Fsp3) is 0.409. The minimum atomic E-state index is -0.247. The van der Waals surface area contributed by atoms with E-state index in [4.69, 9.17) is 19.9 Å². The summed E-state index contributed by atoms with van der Waals surface area (Å²) in [5.74, 6) is 1.43. The van der Waals surface area contributed by atoms with E-state index in [0.29, 0.717) is 43.8 Å². The molecule has 1 aliphatic rings.